The van der Waals surface area contributed by atoms with Crippen molar-refractivity contribution in [1.82, 2.24) is 0 Å². The van der Waals surface area contributed by atoms with Crippen molar-refractivity contribution in [2.45, 2.75) is 19.3 Å². The molecular formula is C40H28N2. The van der Waals surface area contributed by atoms with Gasteiger partial charge in [0.2, 0.25) is 0 Å². The van der Waals surface area contributed by atoms with Gasteiger partial charge >= 0.3 is 0 Å². The number of nitriles is 1. The molecule has 0 radical (unpaired) electrons. The van der Waals surface area contributed by atoms with Gasteiger partial charge in [-0.3, -0.25) is 0 Å². The Morgan fingerprint density at radius 1 is 0.548 bits per heavy atom. The second kappa shape index (κ2) is 9.06. The molecule has 7 aromatic rings. The van der Waals surface area contributed by atoms with Crippen LogP contribution in [0.15, 0.2) is 133 Å². The molecule has 0 aromatic heterocycles. The topological polar surface area (TPSA) is 27.0 Å². The van der Waals surface area contributed by atoms with E-state index in [9.17, 15) is 5.26 Å². The van der Waals surface area contributed by atoms with E-state index in [0.717, 1.165) is 5.56 Å². The van der Waals surface area contributed by atoms with E-state index in [1.807, 2.05) is 12.1 Å². The van der Waals surface area contributed by atoms with Crippen molar-refractivity contribution in [2.75, 3.05) is 4.90 Å². The molecule has 0 saturated heterocycles. The first-order valence-electron chi connectivity index (χ1n) is 14.4. The van der Waals surface area contributed by atoms with Crippen LogP contribution in [0.2, 0.25) is 0 Å². The number of hydrogen-bond acceptors (Lipinski definition) is 2. The molecule has 0 atom stereocenters. The molecule has 1 aliphatic heterocycles. The summed E-state index contributed by atoms with van der Waals surface area (Å²) in [7, 11) is 0. The Kier molecular flexibility index (Phi) is 5.27. The van der Waals surface area contributed by atoms with Crippen LogP contribution in [-0.2, 0) is 5.41 Å². The van der Waals surface area contributed by atoms with E-state index in [1.165, 1.54) is 66.1 Å². The van der Waals surface area contributed by atoms with Gasteiger partial charge in [0.1, 0.15) is 0 Å². The molecule has 2 nitrogen and oxygen atoms in total. The van der Waals surface area contributed by atoms with Gasteiger partial charge in [-0.15, -0.1) is 0 Å². The summed E-state index contributed by atoms with van der Waals surface area (Å²) in [6.07, 6.45) is 0. The van der Waals surface area contributed by atoms with Crippen molar-refractivity contribution in [2.24, 2.45) is 0 Å². The molecule has 0 saturated carbocycles. The molecule has 0 amide bonds. The number of fused-ring (bicyclic) bond motifs is 5. The van der Waals surface area contributed by atoms with Gasteiger partial charge in [-0.1, -0.05) is 111 Å². The van der Waals surface area contributed by atoms with Crippen LogP contribution in [-0.4, -0.2) is 0 Å². The minimum absolute atomic E-state index is 0.135. The van der Waals surface area contributed by atoms with Crippen LogP contribution in [0.4, 0.5) is 17.1 Å². The van der Waals surface area contributed by atoms with Crippen molar-refractivity contribution in [1.29, 1.82) is 5.26 Å². The van der Waals surface area contributed by atoms with Crippen molar-refractivity contribution in [3.63, 3.8) is 0 Å². The maximum absolute atomic E-state index is 9.48. The highest BCUT2D eigenvalue weighted by Crippen LogP contribution is 2.55. The average Bonchev–Trinajstić information content (AvgIpc) is 3.04. The molecule has 7 aromatic carbocycles. The normalized spacial score (nSPS) is 13.6. The monoisotopic (exact) mass is 536 g/mol. The lowest BCUT2D eigenvalue weighted by molar-refractivity contribution is 0.632. The Labute approximate surface area is 245 Å². The van der Waals surface area contributed by atoms with E-state index < -0.39 is 0 Å². The maximum atomic E-state index is 9.48. The highest BCUT2D eigenvalue weighted by molar-refractivity contribution is 6.24. The van der Waals surface area contributed by atoms with Crippen LogP contribution >= 0.6 is 0 Å². The first-order chi connectivity index (χ1) is 20.6. The zero-order valence-electron chi connectivity index (χ0n) is 23.6. The third kappa shape index (κ3) is 3.44. The van der Waals surface area contributed by atoms with E-state index in [0.29, 0.717) is 5.56 Å². The smallest absolute Gasteiger partial charge is 0.0991 e. The van der Waals surface area contributed by atoms with Gasteiger partial charge in [-0.05, 0) is 80.2 Å². The molecule has 1 heterocycles. The van der Waals surface area contributed by atoms with Gasteiger partial charge in [0, 0.05) is 16.2 Å². The van der Waals surface area contributed by atoms with Crippen LogP contribution in [0, 0.1) is 11.3 Å². The van der Waals surface area contributed by atoms with E-state index in [4.69, 9.17) is 0 Å². The van der Waals surface area contributed by atoms with Gasteiger partial charge in [0.15, 0.2) is 0 Å². The number of anilines is 3. The van der Waals surface area contributed by atoms with Crippen LogP contribution in [0.3, 0.4) is 0 Å². The Bertz CT molecular complexity index is 2180. The predicted octanol–water partition coefficient (Wildman–Crippen LogP) is 10.8. The third-order valence-electron chi connectivity index (χ3n) is 9.02. The summed E-state index contributed by atoms with van der Waals surface area (Å²) < 4.78 is 0. The highest BCUT2D eigenvalue weighted by atomic mass is 15.2. The van der Waals surface area contributed by atoms with Crippen molar-refractivity contribution >= 4 is 49.4 Å². The van der Waals surface area contributed by atoms with Crippen molar-refractivity contribution < 1.29 is 0 Å². The van der Waals surface area contributed by atoms with Crippen LogP contribution in [0.5, 0.6) is 0 Å². The zero-order chi connectivity index (χ0) is 28.4. The lowest BCUT2D eigenvalue weighted by Gasteiger charge is -2.42. The molecule has 1 aliphatic rings. The van der Waals surface area contributed by atoms with Gasteiger partial charge < -0.3 is 4.90 Å². The van der Waals surface area contributed by atoms with E-state index in [-0.39, 0.29) is 5.41 Å². The Balaban J connectivity index is 1.58. The number of rotatable bonds is 2. The number of nitrogens with zero attached hydrogens (tertiary/aromatic N) is 2. The van der Waals surface area contributed by atoms with Gasteiger partial charge in [-0.2, -0.15) is 5.26 Å². The molecule has 0 bridgehead atoms. The fourth-order valence-electron chi connectivity index (χ4n) is 7.01. The summed E-state index contributed by atoms with van der Waals surface area (Å²) in [4.78, 5) is 2.50. The molecule has 42 heavy (non-hydrogen) atoms. The van der Waals surface area contributed by atoms with Crippen LogP contribution in [0.1, 0.15) is 30.5 Å². The second-order valence-electron chi connectivity index (χ2n) is 11.7. The molecule has 8 rings (SSSR count). The highest BCUT2D eigenvalue weighted by Gasteiger charge is 2.37. The summed E-state index contributed by atoms with van der Waals surface area (Å²) >= 11 is 0. The molecule has 198 valence electrons. The fourth-order valence-corrected chi connectivity index (χ4v) is 7.01. The minimum atomic E-state index is -0.135. The van der Waals surface area contributed by atoms with Gasteiger partial charge in [-0.25, -0.2) is 0 Å². The summed E-state index contributed by atoms with van der Waals surface area (Å²) in [5, 5.41) is 16.7. The van der Waals surface area contributed by atoms with E-state index in [2.05, 4.69) is 146 Å². The lowest BCUT2D eigenvalue weighted by atomic mass is 9.73. The Hall–Kier alpha value is -5.39. The molecule has 0 fully saturated rings. The van der Waals surface area contributed by atoms with Crippen molar-refractivity contribution in [3.05, 3.63) is 150 Å². The molecular weight excluding hydrogens is 508 g/mol. The summed E-state index contributed by atoms with van der Waals surface area (Å²) in [5.74, 6) is 0. The predicted molar refractivity (Wildman–Crippen MR) is 176 cm³/mol. The largest absolute Gasteiger partial charge is 0.309 e. The fraction of sp³-hybridized carbons (Fsp3) is 0.0750. The van der Waals surface area contributed by atoms with Crippen LogP contribution < -0.4 is 4.90 Å². The van der Waals surface area contributed by atoms with E-state index in [1.54, 1.807) is 0 Å². The quantitative estimate of drug-likeness (QED) is 0.206. The van der Waals surface area contributed by atoms with Crippen molar-refractivity contribution in [3.8, 4) is 17.2 Å². The molecule has 0 unspecified atom stereocenters. The standard InChI is InChI=1S/C40H28N2/c1-40(2)34-15-7-9-17-36(34)42(37-18-10-8-16-35(37)40)39-31-14-6-5-13-30(31)38(27-21-19-26(25-41)20-22-27)32-23-28-11-3-4-12-29(28)24-33(32)39/h3-24H,1-2H3. The average molecular weight is 537 g/mol. The lowest BCUT2D eigenvalue weighted by Crippen LogP contribution is -2.30. The molecule has 2 heteroatoms. The minimum Gasteiger partial charge on any atom is -0.309 e. The summed E-state index contributed by atoms with van der Waals surface area (Å²) in [6, 6.07) is 50.1. The van der Waals surface area contributed by atoms with Crippen LogP contribution in [0.25, 0.3) is 43.4 Å². The Morgan fingerprint density at radius 3 is 1.69 bits per heavy atom. The first kappa shape index (κ1) is 24.4. The molecule has 0 N–H and O–H groups in total. The van der Waals surface area contributed by atoms with Gasteiger partial charge in [0.05, 0.1) is 28.7 Å². The number of benzene rings is 7. The maximum Gasteiger partial charge on any atom is 0.0991 e. The SMILES string of the molecule is CC1(C)c2ccccc2N(c2c3ccccc3c(-c3ccc(C#N)cc3)c3cc4ccccc4cc23)c2ccccc21. The third-order valence-corrected chi connectivity index (χ3v) is 9.02. The molecule has 0 spiro atoms. The number of hydrogen-bond donors (Lipinski definition) is 0. The summed E-state index contributed by atoms with van der Waals surface area (Å²) in [6.45, 7) is 4.67. The summed E-state index contributed by atoms with van der Waals surface area (Å²) in [5.41, 5.74) is 9.09. The second-order valence-corrected chi connectivity index (χ2v) is 11.7. The number of para-hydroxylation sites is 2. The first-order valence-corrected chi connectivity index (χ1v) is 14.4. The zero-order valence-corrected chi connectivity index (χ0v) is 23.6. The molecule has 0 aliphatic carbocycles. The Morgan fingerprint density at radius 2 is 1.07 bits per heavy atom. The van der Waals surface area contributed by atoms with E-state index >= 15 is 0 Å². The van der Waals surface area contributed by atoms with Gasteiger partial charge in [0.25, 0.3) is 0 Å².